The third kappa shape index (κ3) is 6.10. The molecule has 2 heterocycles. The molecule has 4 rings (SSSR count). The summed E-state index contributed by atoms with van der Waals surface area (Å²) in [6.45, 7) is 1.98. The second-order valence-electron chi connectivity index (χ2n) is 7.16. The molecule has 6 nitrogen and oxygen atoms in total. The standard InChI is InChI=1S/C16H14F4N4O2.C6H4ClF/c1-2-12-22-14(11-6-21-13(25)7-24(11)12)23-15(26)8-3-9(16(18,19)20)5-10(17)4-8;7-5-1-3-6(8)4-2-5/h3-5H,2,6-7H2,1H3,(H,21,25)(H,23,26);1-4H. The van der Waals surface area contributed by atoms with E-state index in [-0.39, 0.29) is 30.6 Å². The largest absolute Gasteiger partial charge is 0.416 e. The molecule has 1 aliphatic rings. The van der Waals surface area contributed by atoms with Crippen LogP contribution in [-0.2, 0) is 30.5 Å². The first kappa shape index (κ1) is 25.2. The van der Waals surface area contributed by atoms with Gasteiger partial charge in [-0.2, -0.15) is 13.2 Å². The number of anilines is 1. The van der Waals surface area contributed by atoms with Crippen LogP contribution in [-0.4, -0.2) is 21.4 Å². The number of amides is 2. The molecule has 2 aromatic carbocycles. The fourth-order valence-corrected chi connectivity index (χ4v) is 3.27. The number of carbonyl (C=O) groups is 2. The van der Waals surface area contributed by atoms with Gasteiger partial charge in [-0.15, -0.1) is 0 Å². The molecular formula is C22H18ClF5N4O2. The van der Waals surface area contributed by atoms with E-state index in [2.05, 4.69) is 15.6 Å². The van der Waals surface area contributed by atoms with Crippen molar-refractivity contribution in [3.63, 3.8) is 0 Å². The lowest BCUT2D eigenvalue weighted by molar-refractivity contribution is -0.137. The van der Waals surface area contributed by atoms with E-state index in [1.54, 1.807) is 4.57 Å². The zero-order valence-electron chi connectivity index (χ0n) is 17.6. The summed E-state index contributed by atoms with van der Waals surface area (Å²) < 4.78 is 65.5. The van der Waals surface area contributed by atoms with Crippen molar-refractivity contribution < 1.29 is 31.5 Å². The summed E-state index contributed by atoms with van der Waals surface area (Å²) in [6, 6.07) is 7.28. The van der Waals surface area contributed by atoms with Crippen LogP contribution in [0.25, 0.3) is 0 Å². The summed E-state index contributed by atoms with van der Waals surface area (Å²) in [5.74, 6) is -1.87. The van der Waals surface area contributed by atoms with Gasteiger partial charge in [0.25, 0.3) is 5.91 Å². The first-order chi connectivity index (χ1) is 16.0. The van der Waals surface area contributed by atoms with Crippen molar-refractivity contribution in [2.75, 3.05) is 5.32 Å². The Kier molecular flexibility index (Phi) is 7.55. The van der Waals surface area contributed by atoms with Crippen LogP contribution >= 0.6 is 11.6 Å². The molecule has 1 aromatic heterocycles. The van der Waals surface area contributed by atoms with Crippen molar-refractivity contribution in [3.05, 3.63) is 81.8 Å². The van der Waals surface area contributed by atoms with E-state index in [0.29, 0.717) is 35.1 Å². The highest BCUT2D eigenvalue weighted by Gasteiger charge is 2.32. The van der Waals surface area contributed by atoms with Gasteiger partial charge in [-0.05, 0) is 42.5 Å². The molecule has 0 unspecified atom stereocenters. The normalized spacial score (nSPS) is 12.9. The highest BCUT2D eigenvalue weighted by Crippen LogP contribution is 2.31. The quantitative estimate of drug-likeness (QED) is 0.499. The number of hydrogen-bond donors (Lipinski definition) is 2. The Labute approximate surface area is 195 Å². The maximum absolute atomic E-state index is 13.5. The molecule has 34 heavy (non-hydrogen) atoms. The average Bonchev–Trinajstić information content (AvgIpc) is 3.11. The molecule has 2 N–H and O–H groups in total. The average molecular weight is 501 g/mol. The minimum absolute atomic E-state index is 0.0412. The van der Waals surface area contributed by atoms with Crippen molar-refractivity contribution in [1.29, 1.82) is 0 Å². The van der Waals surface area contributed by atoms with E-state index in [1.165, 1.54) is 24.3 Å². The Morgan fingerprint density at radius 3 is 2.41 bits per heavy atom. The molecule has 0 saturated heterocycles. The number of benzene rings is 2. The third-order valence-electron chi connectivity index (χ3n) is 4.75. The molecule has 1 aliphatic heterocycles. The lowest BCUT2D eigenvalue weighted by Gasteiger charge is -2.18. The second-order valence-corrected chi connectivity index (χ2v) is 7.59. The number of imidazole rings is 1. The zero-order chi connectivity index (χ0) is 25.0. The van der Waals surface area contributed by atoms with Gasteiger partial charge >= 0.3 is 6.18 Å². The predicted molar refractivity (Wildman–Crippen MR) is 114 cm³/mol. The number of nitrogens with zero attached hydrogens (tertiary/aromatic N) is 2. The topological polar surface area (TPSA) is 76.0 Å². The molecule has 0 fully saturated rings. The predicted octanol–water partition coefficient (Wildman–Crippen LogP) is 4.96. The lowest BCUT2D eigenvalue weighted by atomic mass is 10.1. The van der Waals surface area contributed by atoms with Crippen LogP contribution in [0.3, 0.4) is 0 Å². The molecule has 0 spiro atoms. The first-order valence-corrected chi connectivity index (χ1v) is 10.3. The summed E-state index contributed by atoms with van der Waals surface area (Å²) in [7, 11) is 0. The first-order valence-electron chi connectivity index (χ1n) is 9.93. The Hall–Kier alpha value is -3.47. The lowest BCUT2D eigenvalue weighted by Crippen LogP contribution is -2.35. The van der Waals surface area contributed by atoms with Gasteiger partial charge in [-0.3, -0.25) is 9.59 Å². The summed E-state index contributed by atoms with van der Waals surface area (Å²) in [5, 5.41) is 5.57. The van der Waals surface area contributed by atoms with Gasteiger partial charge in [0, 0.05) is 17.0 Å². The van der Waals surface area contributed by atoms with E-state index in [1.807, 2.05) is 6.92 Å². The van der Waals surface area contributed by atoms with E-state index < -0.39 is 29.0 Å². The highest BCUT2D eigenvalue weighted by molar-refractivity contribution is 6.30. The highest BCUT2D eigenvalue weighted by atomic mass is 35.5. The van der Waals surface area contributed by atoms with Gasteiger partial charge in [0.05, 0.1) is 17.8 Å². The maximum Gasteiger partial charge on any atom is 0.416 e. The van der Waals surface area contributed by atoms with Crippen molar-refractivity contribution in [3.8, 4) is 0 Å². The van der Waals surface area contributed by atoms with Crippen molar-refractivity contribution in [2.45, 2.75) is 32.6 Å². The van der Waals surface area contributed by atoms with Crippen molar-refractivity contribution >= 4 is 29.2 Å². The number of hydrogen-bond acceptors (Lipinski definition) is 3. The zero-order valence-corrected chi connectivity index (χ0v) is 18.4. The Balaban J connectivity index is 0.000000343. The van der Waals surface area contributed by atoms with E-state index in [0.717, 1.165) is 6.07 Å². The van der Waals surface area contributed by atoms with Crippen LogP contribution in [0.15, 0.2) is 42.5 Å². The minimum Gasteiger partial charge on any atom is -0.349 e. The molecule has 180 valence electrons. The molecule has 0 bridgehead atoms. The molecule has 12 heteroatoms. The third-order valence-corrected chi connectivity index (χ3v) is 5.00. The number of rotatable bonds is 3. The van der Waals surface area contributed by atoms with E-state index in [9.17, 15) is 31.5 Å². The Morgan fingerprint density at radius 2 is 1.82 bits per heavy atom. The number of aromatic nitrogens is 2. The Morgan fingerprint density at radius 1 is 1.15 bits per heavy atom. The van der Waals surface area contributed by atoms with Crippen LogP contribution in [0.5, 0.6) is 0 Å². The molecular weight excluding hydrogens is 483 g/mol. The van der Waals surface area contributed by atoms with Gasteiger partial charge in [-0.25, -0.2) is 13.8 Å². The smallest absolute Gasteiger partial charge is 0.349 e. The SMILES string of the molecule is CCc1nc(NC(=O)c2cc(F)cc(C(F)(F)F)c2)c2n1CC(=O)NC2.Fc1ccc(Cl)cc1. The van der Waals surface area contributed by atoms with Crippen LogP contribution in [0.1, 0.15) is 34.4 Å². The number of aryl methyl sites for hydroxylation is 1. The summed E-state index contributed by atoms with van der Waals surface area (Å²) >= 11 is 5.44. The Bertz CT molecular complexity index is 1190. The molecule has 0 radical (unpaired) electrons. The number of fused-ring (bicyclic) bond motifs is 1. The van der Waals surface area contributed by atoms with Gasteiger partial charge in [0.2, 0.25) is 5.91 Å². The van der Waals surface area contributed by atoms with Crippen molar-refractivity contribution in [2.24, 2.45) is 0 Å². The van der Waals surface area contributed by atoms with E-state index >= 15 is 0 Å². The van der Waals surface area contributed by atoms with Gasteiger partial charge < -0.3 is 15.2 Å². The molecule has 3 aromatic rings. The number of carbonyl (C=O) groups excluding carboxylic acids is 2. The molecule has 2 amide bonds. The number of halogens is 6. The number of nitrogens with one attached hydrogen (secondary N) is 2. The summed E-state index contributed by atoms with van der Waals surface area (Å²) in [5.41, 5.74) is -1.20. The van der Waals surface area contributed by atoms with Gasteiger partial charge in [0.1, 0.15) is 24.0 Å². The second kappa shape index (κ2) is 10.2. The fraction of sp³-hybridized carbons (Fsp3) is 0.227. The monoisotopic (exact) mass is 500 g/mol. The van der Waals surface area contributed by atoms with Crippen LogP contribution in [0.4, 0.5) is 27.8 Å². The molecule has 0 atom stereocenters. The van der Waals surface area contributed by atoms with Crippen LogP contribution < -0.4 is 10.6 Å². The minimum atomic E-state index is -4.77. The van der Waals surface area contributed by atoms with Crippen LogP contribution in [0.2, 0.25) is 5.02 Å². The van der Waals surface area contributed by atoms with Gasteiger partial charge in [-0.1, -0.05) is 18.5 Å². The summed E-state index contributed by atoms with van der Waals surface area (Å²) in [4.78, 5) is 28.1. The maximum atomic E-state index is 13.5. The molecule has 0 aliphatic carbocycles. The van der Waals surface area contributed by atoms with E-state index in [4.69, 9.17) is 11.6 Å². The summed E-state index contributed by atoms with van der Waals surface area (Å²) in [6.07, 6.45) is -4.28. The van der Waals surface area contributed by atoms with Crippen molar-refractivity contribution in [1.82, 2.24) is 14.9 Å². The number of alkyl halides is 3. The molecule has 0 saturated carbocycles. The fourth-order valence-electron chi connectivity index (χ4n) is 3.15. The van der Waals surface area contributed by atoms with Gasteiger partial charge in [0.15, 0.2) is 5.82 Å². The van der Waals surface area contributed by atoms with Crippen LogP contribution in [0, 0.1) is 11.6 Å².